The van der Waals surface area contributed by atoms with Crippen LogP contribution in [0, 0.1) is 10.1 Å². The summed E-state index contributed by atoms with van der Waals surface area (Å²) in [5, 5.41) is 13.5. The maximum absolute atomic E-state index is 12.1. The molecule has 6 nitrogen and oxygen atoms in total. The zero-order valence-electron chi connectivity index (χ0n) is 11.4. The number of nitrogens with two attached hydrogens (primary N) is 1. The zero-order chi connectivity index (χ0) is 15.4. The predicted octanol–water partition coefficient (Wildman–Crippen LogP) is 2.67. The molecule has 0 radical (unpaired) electrons. The van der Waals surface area contributed by atoms with Crippen molar-refractivity contribution in [2.24, 2.45) is 0 Å². The van der Waals surface area contributed by atoms with Gasteiger partial charge in [-0.1, -0.05) is 18.2 Å². The lowest BCUT2D eigenvalue weighted by Gasteiger charge is -2.14. The number of carbonyl (C=O) groups excluding carboxylic acids is 1. The van der Waals surface area contributed by atoms with Crippen LogP contribution in [0.25, 0.3) is 0 Å². The molecule has 21 heavy (non-hydrogen) atoms. The lowest BCUT2D eigenvalue weighted by molar-refractivity contribution is -0.384. The quantitative estimate of drug-likeness (QED) is 0.512. The van der Waals surface area contributed by atoms with Crippen LogP contribution in [0.2, 0.25) is 0 Å². The van der Waals surface area contributed by atoms with Gasteiger partial charge in [0.25, 0.3) is 11.6 Å². The van der Waals surface area contributed by atoms with E-state index in [4.69, 9.17) is 5.73 Å². The van der Waals surface area contributed by atoms with Gasteiger partial charge in [0.1, 0.15) is 0 Å². The van der Waals surface area contributed by atoms with E-state index in [1.807, 2.05) is 0 Å². The van der Waals surface area contributed by atoms with Gasteiger partial charge < -0.3 is 11.1 Å². The average Bonchev–Trinajstić information content (AvgIpc) is 2.47. The number of anilines is 1. The minimum atomic E-state index is -0.462. The van der Waals surface area contributed by atoms with Gasteiger partial charge in [-0.2, -0.15) is 0 Å². The third kappa shape index (κ3) is 3.56. The van der Waals surface area contributed by atoms with E-state index in [1.54, 1.807) is 43.3 Å². The Kier molecular flexibility index (Phi) is 4.18. The predicted molar refractivity (Wildman–Crippen MR) is 79.8 cm³/mol. The molecule has 2 rings (SSSR count). The molecule has 0 saturated heterocycles. The molecule has 0 heterocycles. The molecule has 0 aliphatic carbocycles. The second kappa shape index (κ2) is 6.04. The molecule has 0 saturated carbocycles. The monoisotopic (exact) mass is 285 g/mol. The van der Waals surface area contributed by atoms with E-state index in [0.29, 0.717) is 16.8 Å². The van der Waals surface area contributed by atoms with E-state index in [1.165, 1.54) is 12.1 Å². The summed E-state index contributed by atoms with van der Waals surface area (Å²) in [4.78, 5) is 22.4. The van der Waals surface area contributed by atoms with Crippen LogP contribution in [-0.4, -0.2) is 10.8 Å². The Bertz CT molecular complexity index is 685. The number of carbonyl (C=O) groups is 1. The lowest BCUT2D eigenvalue weighted by Crippen LogP contribution is -2.26. The first kappa shape index (κ1) is 14.5. The Morgan fingerprint density at radius 1 is 1.24 bits per heavy atom. The summed E-state index contributed by atoms with van der Waals surface area (Å²) in [6.07, 6.45) is 0. The van der Waals surface area contributed by atoms with Crippen LogP contribution in [-0.2, 0) is 0 Å². The summed E-state index contributed by atoms with van der Waals surface area (Å²) < 4.78 is 0. The van der Waals surface area contributed by atoms with E-state index >= 15 is 0 Å². The highest BCUT2D eigenvalue weighted by atomic mass is 16.6. The fourth-order valence-electron chi connectivity index (χ4n) is 1.95. The Balaban J connectivity index is 2.14. The normalized spacial score (nSPS) is 11.7. The third-order valence-electron chi connectivity index (χ3n) is 3.08. The molecule has 0 aliphatic rings. The second-order valence-electron chi connectivity index (χ2n) is 4.67. The number of benzene rings is 2. The Morgan fingerprint density at radius 2 is 1.95 bits per heavy atom. The largest absolute Gasteiger partial charge is 0.399 e. The summed E-state index contributed by atoms with van der Waals surface area (Å²) in [7, 11) is 0. The van der Waals surface area contributed by atoms with E-state index in [0.717, 1.165) is 0 Å². The number of hydrogen-bond donors (Lipinski definition) is 2. The maximum Gasteiger partial charge on any atom is 0.269 e. The van der Waals surface area contributed by atoms with Crippen molar-refractivity contribution < 1.29 is 9.72 Å². The fourth-order valence-corrected chi connectivity index (χ4v) is 1.95. The van der Waals surface area contributed by atoms with Gasteiger partial charge in [-0.3, -0.25) is 14.9 Å². The molecule has 0 aliphatic heterocycles. The van der Waals surface area contributed by atoms with Gasteiger partial charge in [-0.15, -0.1) is 0 Å². The molecule has 1 atom stereocenters. The summed E-state index contributed by atoms with van der Waals surface area (Å²) in [6, 6.07) is 12.5. The van der Waals surface area contributed by atoms with Gasteiger partial charge in [0, 0.05) is 23.4 Å². The molecular formula is C15H15N3O3. The second-order valence-corrected chi connectivity index (χ2v) is 4.67. The van der Waals surface area contributed by atoms with E-state index in [9.17, 15) is 14.9 Å². The van der Waals surface area contributed by atoms with Crippen LogP contribution in [0.3, 0.4) is 0 Å². The first-order chi connectivity index (χ1) is 9.97. The van der Waals surface area contributed by atoms with Crippen LogP contribution in [0.4, 0.5) is 11.4 Å². The van der Waals surface area contributed by atoms with Gasteiger partial charge in [-0.05, 0) is 30.7 Å². The first-order valence-electron chi connectivity index (χ1n) is 6.38. The Hall–Kier alpha value is -2.89. The molecule has 1 amide bonds. The Morgan fingerprint density at radius 3 is 2.62 bits per heavy atom. The van der Waals surface area contributed by atoms with Crippen LogP contribution in [0.15, 0.2) is 48.5 Å². The van der Waals surface area contributed by atoms with Crippen molar-refractivity contribution in [3.05, 3.63) is 69.8 Å². The summed E-state index contributed by atoms with van der Waals surface area (Å²) in [5.41, 5.74) is 7.26. The zero-order valence-corrected chi connectivity index (χ0v) is 11.4. The van der Waals surface area contributed by atoms with Crippen LogP contribution < -0.4 is 11.1 Å². The SMILES string of the molecule is CC(NC(=O)c1cccc(N)c1)c1cccc([N+](=O)[O-])c1. The van der Waals surface area contributed by atoms with Crippen molar-refractivity contribution in [3.63, 3.8) is 0 Å². The van der Waals surface area contributed by atoms with Crippen molar-refractivity contribution >= 4 is 17.3 Å². The number of amides is 1. The highest BCUT2D eigenvalue weighted by Crippen LogP contribution is 2.19. The highest BCUT2D eigenvalue weighted by molar-refractivity contribution is 5.95. The van der Waals surface area contributed by atoms with Gasteiger partial charge in [0.05, 0.1) is 11.0 Å². The van der Waals surface area contributed by atoms with Crippen molar-refractivity contribution in [1.29, 1.82) is 0 Å². The highest BCUT2D eigenvalue weighted by Gasteiger charge is 2.14. The molecule has 108 valence electrons. The minimum absolute atomic E-state index is 0.00226. The van der Waals surface area contributed by atoms with Gasteiger partial charge in [-0.25, -0.2) is 0 Å². The standard InChI is InChI=1S/C15H15N3O3/c1-10(11-4-3-7-14(9-11)18(20)21)17-15(19)12-5-2-6-13(16)8-12/h2-10H,16H2,1H3,(H,17,19). The van der Waals surface area contributed by atoms with Gasteiger partial charge >= 0.3 is 0 Å². The molecule has 0 fully saturated rings. The summed E-state index contributed by atoms with van der Waals surface area (Å²) in [6.45, 7) is 1.77. The lowest BCUT2D eigenvalue weighted by atomic mass is 10.1. The number of nitrogen functional groups attached to an aromatic ring is 1. The van der Waals surface area contributed by atoms with Crippen molar-refractivity contribution in [3.8, 4) is 0 Å². The molecule has 3 N–H and O–H groups in total. The number of rotatable bonds is 4. The first-order valence-corrected chi connectivity index (χ1v) is 6.38. The number of hydrogen-bond acceptors (Lipinski definition) is 4. The minimum Gasteiger partial charge on any atom is -0.399 e. The molecule has 1 unspecified atom stereocenters. The number of non-ortho nitro benzene ring substituents is 1. The van der Waals surface area contributed by atoms with E-state index in [-0.39, 0.29) is 17.6 Å². The Labute approximate surface area is 121 Å². The third-order valence-corrected chi connectivity index (χ3v) is 3.08. The number of nitrogens with one attached hydrogen (secondary N) is 1. The van der Waals surface area contributed by atoms with Crippen molar-refractivity contribution in [1.82, 2.24) is 5.32 Å². The fraction of sp³-hybridized carbons (Fsp3) is 0.133. The van der Waals surface area contributed by atoms with Gasteiger partial charge in [0.2, 0.25) is 0 Å². The molecule has 2 aromatic carbocycles. The van der Waals surface area contributed by atoms with Crippen molar-refractivity contribution in [2.75, 3.05) is 5.73 Å². The van der Waals surface area contributed by atoms with E-state index < -0.39 is 4.92 Å². The van der Waals surface area contributed by atoms with Crippen LogP contribution >= 0.6 is 0 Å². The molecule has 2 aromatic rings. The van der Waals surface area contributed by atoms with E-state index in [2.05, 4.69) is 5.32 Å². The molecule has 6 heteroatoms. The average molecular weight is 285 g/mol. The molecule has 0 aromatic heterocycles. The summed E-state index contributed by atoms with van der Waals surface area (Å²) >= 11 is 0. The maximum atomic E-state index is 12.1. The molecular weight excluding hydrogens is 270 g/mol. The number of nitro groups is 1. The topological polar surface area (TPSA) is 98.3 Å². The smallest absolute Gasteiger partial charge is 0.269 e. The molecule has 0 spiro atoms. The van der Waals surface area contributed by atoms with Gasteiger partial charge in [0.15, 0.2) is 0 Å². The number of nitro benzene ring substituents is 1. The van der Waals surface area contributed by atoms with Crippen molar-refractivity contribution in [2.45, 2.75) is 13.0 Å². The van der Waals surface area contributed by atoms with Crippen LogP contribution in [0.5, 0.6) is 0 Å². The van der Waals surface area contributed by atoms with Crippen LogP contribution in [0.1, 0.15) is 28.9 Å². The number of nitrogens with zero attached hydrogens (tertiary/aromatic N) is 1. The molecule has 0 bridgehead atoms. The summed E-state index contributed by atoms with van der Waals surface area (Å²) in [5.74, 6) is -0.277.